The molecule has 2 nitrogen and oxygen atoms in total. The minimum absolute atomic E-state index is 0.156. The molecule has 0 aliphatic heterocycles. The Morgan fingerprint density at radius 3 is 2.55 bits per heavy atom. The van der Waals surface area contributed by atoms with Crippen LogP contribution in [0.15, 0.2) is 17.3 Å². The van der Waals surface area contributed by atoms with Gasteiger partial charge in [-0.1, -0.05) is 25.3 Å². The highest BCUT2D eigenvalue weighted by atomic mass is 32.2. The Labute approximate surface area is 128 Å². The average Bonchev–Trinajstić information content (AvgIpc) is 2.40. The van der Waals surface area contributed by atoms with E-state index in [-0.39, 0.29) is 5.54 Å². The van der Waals surface area contributed by atoms with Crippen molar-refractivity contribution in [1.82, 2.24) is 10.3 Å². The molecule has 1 N–H and O–H groups in total. The van der Waals surface area contributed by atoms with E-state index in [9.17, 15) is 0 Å². The Morgan fingerprint density at radius 1 is 1.25 bits per heavy atom. The molecule has 1 aromatic rings. The summed E-state index contributed by atoms with van der Waals surface area (Å²) in [6.45, 7) is 9.67. The summed E-state index contributed by atoms with van der Waals surface area (Å²) in [7, 11) is 0. The Hall–Kier alpha value is -0.540. The number of hydrogen-bond acceptors (Lipinski definition) is 3. The van der Waals surface area contributed by atoms with E-state index in [0.29, 0.717) is 0 Å². The number of pyridine rings is 1. The van der Waals surface area contributed by atoms with Crippen LogP contribution in [0.1, 0.15) is 64.0 Å². The Balaban J connectivity index is 1.94. The lowest BCUT2D eigenvalue weighted by Gasteiger charge is -2.22. The molecule has 0 bridgehead atoms. The molecule has 0 atom stereocenters. The second kappa shape index (κ2) is 6.95. The van der Waals surface area contributed by atoms with Gasteiger partial charge in [0.1, 0.15) is 0 Å². The normalized spacial score (nSPS) is 17.4. The Bertz CT molecular complexity index is 431. The lowest BCUT2D eigenvalue weighted by Crippen LogP contribution is -2.35. The van der Waals surface area contributed by atoms with Gasteiger partial charge in [0, 0.05) is 23.5 Å². The van der Waals surface area contributed by atoms with E-state index in [0.717, 1.165) is 11.8 Å². The van der Waals surface area contributed by atoms with Gasteiger partial charge >= 0.3 is 0 Å². The summed E-state index contributed by atoms with van der Waals surface area (Å²) in [5, 5.41) is 5.54. The fraction of sp³-hybridized carbons (Fsp3) is 0.706. The van der Waals surface area contributed by atoms with Crippen LogP contribution >= 0.6 is 11.8 Å². The maximum absolute atomic E-state index is 4.70. The first-order chi connectivity index (χ1) is 9.44. The molecule has 0 saturated heterocycles. The number of hydrogen-bond donors (Lipinski definition) is 1. The number of nitrogens with one attached hydrogen (secondary N) is 1. The molecule has 20 heavy (non-hydrogen) atoms. The third-order valence-corrected chi connectivity index (χ3v) is 5.20. The van der Waals surface area contributed by atoms with Crippen molar-refractivity contribution in [3.8, 4) is 0 Å². The van der Waals surface area contributed by atoms with Crippen molar-refractivity contribution in [2.75, 3.05) is 0 Å². The van der Waals surface area contributed by atoms with Gasteiger partial charge < -0.3 is 5.32 Å². The molecule has 0 amide bonds. The Kier molecular flexibility index (Phi) is 5.50. The minimum Gasteiger partial charge on any atom is -0.308 e. The monoisotopic (exact) mass is 292 g/mol. The van der Waals surface area contributed by atoms with Crippen LogP contribution in [0, 0.1) is 6.92 Å². The van der Waals surface area contributed by atoms with E-state index in [1.54, 1.807) is 0 Å². The maximum atomic E-state index is 4.70. The quantitative estimate of drug-likeness (QED) is 0.870. The van der Waals surface area contributed by atoms with Gasteiger partial charge in [0.15, 0.2) is 0 Å². The first kappa shape index (κ1) is 15.8. The van der Waals surface area contributed by atoms with Crippen molar-refractivity contribution in [3.05, 3.63) is 23.4 Å². The van der Waals surface area contributed by atoms with Gasteiger partial charge in [0.2, 0.25) is 0 Å². The molecule has 1 saturated carbocycles. The molecule has 2 rings (SSSR count). The standard InChI is InChI=1S/C17H28N2S/c1-13-10-14(12-19-17(2,3)4)11-18-16(13)20-15-8-6-5-7-9-15/h10-11,15,19H,5-9,12H2,1-4H3. The predicted octanol–water partition coefficient (Wildman–Crippen LogP) is 4.70. The number of nitrogens with zero attached hydrogens (tertiary/aromatic N) is 1. The van der Waals surface area contributed by atoms with Crippen molar-refractivity contribution in [1.29, 1.82) is 0 Å². The molecule has 0 aromatic carbocycles. The fourth-order valence-electron chi connectivity index (χ4n) is 2.55. The van der Waals surface area contributed by atoms with E-state index in [2.05, 4.69) is 39.1 Å². The predicted molar refractivity (Wildman–Crippen MR) is 88.3 cm³/mol. The lowest BCUT2D eigenvalue weighted by atomic mass is 10.0. The van der Waals surface area contributed by atoms with Gasteiger partial charge in [0.25, 0.3) is 0 Å². The summed E-state index contributed by atoms with van der Waals surface area (Å²) in [6, 6.07) is 2.29. The number of aromatic nitrogens is 1. The van der Waals surface area contributed by atoms with E-state index >= 15 is 0 Å². The molecule has 1 heterocycles. The highest BCUT2D eigenvalue weighted by molar-refractivity contribution is 7.99. The molecular weight excluding hydrogens is 264 g/mol. The van der Waals surface area contributed by atoms with Gasteiger partial charge in [-0.05, 0) is 51.7 Å². The summed E-state index contributed by atoms with van der Waals surface area (Å²) in [5.74, 6) is 0. The largest absolute Gasteiger partial charge is 0.308 e. The number of rotatable bonds is 4. The second-order valence-electron chi connectivity index (χ2n) is 6.95. The molecular formula is C17H28N2S. The fourth-order valence-corrected chi connectivity index (χ4v) is 3.79. The number of aryl methyl sites for hydroxylation is 1. The molecule has 0 radical (unpaired) electrons. The van der Waals surface area contributed by atoms with Gasteiger partial charge in [-0.25, -0.2) is 4.98 Å². The summed E-state index contributed by atoms with van der Waals surface area (Å²) < 4.78 is 0. The third-order valence-electron chi connectivity index (χ3n) is 3.74. The smallest absolute Gasteiger partial charge is 0.0991 e. The number of thioether (sulfide) groups is 1. The van der Waals surface area contributed by atoms with Gasteiger partial charge in [-0.2, -0.15) is 0 Å². The van der Waals surface area contributed by atoms with E-state index in [1.807, 2.05) is 18.0 Å². The van der Waals surface area contributed by atoms with Gasteiger partial charge in [0.05, 0.1) is 5.03 Å². The zero-order chi connectivity index (χ0) is 14.6. The highest BCUT2D eigenvalue weighted by Crippen LogP contribution is 2.34. The first-order valence-electron chi connectivity index (χ1n) is 7.81. The maximum Gasteiger partial charge on any atom is 0.0991 e. The zero-order valence-corrected chi connectivity index (χ0v) is 14.1. The van der Waals surface area contributed by atoms with Gasteiger partial charge in [-0.3, -0.25) is 0 Å². The average molecular weight is 292 g/mol. The molecule has 0 spiro atoms. The van der Waals surface area contributed by atoms with Crippen LogP contribution in [-0.4, -0.2) is 15.8 Å². The third kappa shape index (κ3) is 5.10. The summed E-state index contributed by atoms with van der Waals surface area (Å²) in [4.78, 5) is 4.70. The topological polar surface area (TPSA) is 24.9 Å². The molecule has 112 valence electrons. The van der Waals surface area contributed by atoms with Crippen LogP contribution in [0.2, 0.25) is 0 Å². The zero-order valence-electron chi connectivity index (χ0n) is 13.3. The SMILES string of the molecule is Cc1cc(CNC(C)(C)C)cnc1SC1CCCCC1. The molecule has 1 aliphatic carbocycles. The summed E-state index contributed by atoms with van der Waals surface area (Å²) in [5.41, 5.74) is 2.77. The molecule has 1 aliphatic rings. The van der Waals surface area contributed by atoms with E-state index in [1.165, 1.54) is 48.3 Å². The van der Waals surface area contributed by atoms with Crippen LogP contribution in [0.25, 0.3) is 0 Å². The second-order valence-corrected chi connectivity index (χ2v) is 8.24. The van der Waals surface area contributed by atoms with Crippen LogP contribution in [0.3, 0.4) is 0 Å². The Morgan fingerprint density at radius 2 is 1.95 bits per heavy atom. The van der Waals surface area contributed by atoms with Crippen molar-refractivity contribution in [2.24, 2.45) is 0 Å². The molecule has 0 unspecified atom stereocenters. The van der Waals surface area contributed by atoms with Crippen molar-refractivity contribution >= 4 is 11.8 Å². The molecule has 1 fully saturated rings. The lowest BCUT2D eigenvalue weighted by molar-refractivity contribution is 0.424. The van der Waals surface area contributed by atoms with Crippen LogP contribution in [0.4, 0.5) is 0 Å². The van der Waals surface area contributed by atoms with Crippen molar-refractivity contribution < 1.29 is 0 Å². The van der Waals surface area contributed by atoms with Crippen LogP contribution in [0.5, 0.6) is 0 Å². The van der Waals surface area contributed by atoms with Crippen molar-refractivity contribution in [3.63, 3.8) is 0 Å². The molecule has 3 heteroatoms. The summed E-state index contributed by atoms with van der Waals surface area (Å²) >= 11 is 1.99. The van der Waals surface area contributed by atoms with Gasteiger partial charge in [-0.15, -0.1) is 11.8 Å². The van der Waals surface area contributed by atoms with Crippen LogP contribution < -0.4 is 5.32 Å². The van der Waals surface area contributed by atoms with Crippen molar-refractivity contribution in [2.45, 2.75) is 82.2 Å². The summed E-state index contributed by atoms with van der Waals surface area (Å²) in [6.07, 6.45) is 8.96. The van der Waals surface area contributed by atoms with Crippen LogP contribution in [-0.2, 0) is 6.54 Å². The minimum atomic E-state index is 0.156. The van der Waals surface area contributed by atoms with E-state index < -0.39 is 0 Å². The van der Waals surface area contributed by atoms with E-state index in [4.69, 9.17) is 4.98 Å². The first-order valence-corrected chi connectivity index (χ1v) is 8.69. The molecule has 1 aromatic heterocycles. The highest BCUT2D eigenvalue weighted by Gasteiger charge is 2.16.